The monoisotopic (exact) mass is 340 g/mol. The fourth-order valence-electron chi connectivity index (χ4n) is 2.15. The molecule has 0 saturated heterocycles. The van der Waals surface area contributed by atoms with Gasteiger partial charge in [-0.15, -0.1) is 11.3 Å². The minimum Gasteiger partial charge on any atom is -0.388 e. The van der Waals surface area contributed by atoms with Crippen LogP contribution in [0.2, 0.25) is 0 Å². The molecule has 0 saturated carbocycles. The third-order valence-electron chi connectivity index (χ3n) is 4.28. The number of carbonyl (C=O) groups excluding carboxylic acids is 2. The lowest BCUT2D eigenvalue weighted by molar-refractivity contribution is -0.125. The van der Waals surface area contributed by atoms with Gasteiger partial charge in [0.25, 0.3) is 5.91 Å². The average molecular weight is 340 g/mol. The van der Waals surface area contributed by atoms with E-state index >= 15 is 0 Å². The van der Waals surface area contributed by atoms with Crippen LogP contribution in [-0.2, 0) is 4.79 Å². The van der Waals surface area contributed by atoms with Gasteiger partial charge < -0.3 is 15.7 Å². The van der Waals surface area contributed by atoms with E-state index in [0.29, 0.717) is 4.88 Å². The normalized spacial score (nSPS) is 16.5. The van der Waals surface area contributed by atoms with Crippen molar-refractivity contribution < 1.29 is 14.7 Å². The van der Waals surface area contributed by atoms with Crippen molar-refractivity contribution in [3.8, 4) is 0 Å². The molecule has 0 spiro atoms. The van der Waals surface area contributed by atoms with E-state index in [4.69, 9.17) is 0 Å². The van der Waals surface area contributed by atoms with E-state index in [9.17, 15) is 14.7 Å². The first-order valence-corrected chi connectivity index (χ1v) is 8.91. The predicted octanol–water partition coefficient (Wildman–Crippen LogP) is 2.42. The standard InChI is InChI=1S/C17H28N2O3S/c1-6-12(4)17(5,22)10-18-16(21)14(11(2)3)19-15(20)13-8-7-9-23-13/h7-9,11-12,14,22H,6,10H2,1-5H3,(H,18,21)(H,19,20)/t12-,14-,17-/m0/s1. The van der Waals surface area contributed by atoms with Gasteiger partial charge in [-0.1, -0.05) is 40.2 Å². The van der Waals surface area contributed by atoms with Gasteiger partial charge in [0.2, 0.25) is 5.91 Å². The van der Waals surface area contributed by atoms with Crippen molar-refractivity contribution in [3.05, 3.63) is 22.4 Å². The molecule has 2 amide bonds. The Morgan fingerprint density at radius 3 is 2.48 bits per heavy atom. The van der Waals surface area contributed by atoms with Crippen LogP contribution in [0.25, 0.3) is 0 Å². The molecular formula is C17H28N2O3S. The Balaban J connectivity index is 2.67. The van der Waals surface area contributed by atoms with Crippen LogP contribution in [0.15, 0.2) is 17.5 Å². The summed E-state index contributed by atoms with van der Waals surface area (Å²) in [6.45, 7) is 9.59. The zero-order valence-corrected chi connectivity index (χ0v) is 15.4. The van der Waals surface area contributed by atoms with E-state index in [1.165, 1.54) is 11.3 Å². The quantitative estimate of drug-likeness (QED) is 0.680. The number of rotatable bonds is 8. The molecule has 1 rings (SSSR count). The molecule has 1 aromatic rings. The Morgan fingerprint density at radius 2 is 2.00 bits per heavy atom. The molecule has 0 aliphatic rings. The number of nitrogens with one attached hydrogen (secondary N) is 2. The number of aliphatic hydroxyl groups is 1. The maximum Gasteiger partial charge on any atom is 0.262 e. The number of hydrogen-bond acceptors (Lipinski definition) is 4. The first-order chi connectivity index (χ1) is 10.7. The zero-order valence-electron chi connectivity index (χ0n) is 14.6. The third kappa shape index (κ3) is 5.62. The van der Waals surface area contributed by atoms with E-state index < -0.39 is 11.6 Å². The maximum absolute atomic E-state index is 12.4. The third-order valence-corrected chi connectivity index (χ3v) is 5.14. The molecule has 3 atom stereocenters. The highest BCUT2D eigenvalue weighted by Gasteiger charge is 2.30. The summed E-state index contributed by atoms with van der Waals surface area (Å²) in [7, 11) is 0. The van der Waals surface area contributed by atoms with Gasteiger partial charge in [0, 0.05) is 6.54 Å². The van der Waals surface area contributed by atoms with Crippen molar-refractivity contribution >= 4 is 23.2 Å². The van der Waals surface area contributed by atoms with Crippen LogP contribution in [0.1, 0.15) is 50.7 Å². The van der Waals surface area contributed by atoms with E-state index in [1.54, 1.807) is 19.1 Å². The molecule has 1 aromatic heterocycles. The lowest BCUT2D eigenvalue weighted by Crippen LogP contribution is -2.53. The van der Waals surface area contributed by atoms with Crippen LogP contribution >= 0.6 is 11.3 Å². The predicted molar refractivity (Wildman–Crippen MR) is 93.5 cm³/mol. The second kappa shape index (κ2) is 8.45. The number of carbonyl (C=O) groups is 2. The lowest BCUT2D eigenvalue weighted by Gasteiger charge is -2.31. The summed E-state index contributed by atoms with van der Waals surface area (Å²) in [5.74, 6) is -0.496. The number of hydrogen-bond donors (Lipinski definition) is 3. The van der Waals surface area contributed by atoms with Crippen LogP contribution in [0.5, 0.6) is 0 Å². The van der Waals surface area contributed by atoms with Gasteiger partial charge in [0.1, 0.15) is 6.04 Å². The molecule has 1 heterocycles. The molecule has 0 unspecified atom stereocenters. The minimum atomic E-state index is -0.969. The molecule has 6 heteroatoms. The van der Waals surface area contributed by atoms with Crippen molar-refractivity contribution in [1.82, 2.24) is 10.6 Å². The highest BCUT2D eigenvalue weighted by molar-refractivity contribution is 7.12. The van der Waals surface area contributed by atoms with Gasteiger partial charge in [0.05, 0.1) is 10.5 Å². The minimum absolute atomic E-state index is 0.0486. The molecule has 0 aliphatic carbocycles. The Hall–Kier alpha value is -1.40. The van der Waals surface area contributed by atoms with Crippen LogP contribution in [0.4, 0.5) is 0 Å². The molecule has 0 bridgehead atoms. The highest BCUT2D eigenvalue weighted by atomic mass is 32.1. The molecule has 0 aliphatic heterocycles. The van der Waals surface area contributed by atoms with Crippen molar-refractivity contribution in [2.45, 2.75) is 52.7 Å². The highest BCUT2D eigenvalue weighted by Crippen LogP contribution is 2.19. The summed E-state index contributed by atoms with van der Waals surface area (Å²) < 4.78 is 0. The maximum atomic E-state index is 12.4. The first kappa shape index (κ1) is 19.6. The van der Waals surface area contributed by atoms with Gasteiger partial charge in [-0.05, 0) is 30.2 Å². The second-order valence-electron chi connectivity index (χ2n) is 6.56. The van der Waals surface area contributed by atoms with Gasteiger partial charge in [-0.25, -0.2) is 0 Å². The Kier molecular flexibility index (Phi) is 7.22. The van der Waals surface area contributed by atoms with Gasteiger partial charge in [-0.3, -0.25) is 9.59 Å². The average Bonchev–Trinajstić information content (AvgIpc) is 3.03. The summed E-state index contributed by atoms with van der Waals surface area (Å²) in [5.41, 5.74) is -0.969. The molecule has 23 heavy (non-hydrogen) atoms. The number of amides is 2. The van der Waals surface area contributed by atoms with Crippen LogP contribution in [0.3, 0.4) is 0 Å². The van der Waals surface area contributed by atoms with Gasteiger partial charge >= 0.3 is 0 Å². The van der Waals surface area contributed by atoms with Gasteiger partial charge in [0.15, 0.2) is 0 Å². The Labute approximate surface area is 142 Å². The fraction of sp³-hybridized carbons (Fsp3) is 0.647. The van der Waals surface area contributed by atoms with E-state index in [1.807, 2.05) is 33.1 Å². The molecule has 0 radical (unpaired) electrons. The Morgan fingerprint density at radius 1 is 1.35 bits per heavy atom. The molecule has 130 valence electrons. The SMILES string of the molecule is CC[C@H](C)[C@@](C)(O)CNC(=O)[C@@H](NC(=O)c1cccs1)C(C)C. The lowest BCUT2D eigenvalue weighted by atomic mass is 9.88. The summed E-state index contributed by atoms with van der Waals surface area (Å²) in [6.07, 6.45) is 0.825. The fourth-order valence-corrected chi connectivity index (χ4v) is 2.77. The van der Waals surface area contributed by atoms with Gasteiger partial charge in [-0.2, -0.15) is 0 Å². The van der Waals surface area contributed by atoms with E-state index in [-0.39, 0.29) is 30.2 Å². The van der Waals surface area contributed by atoms with Crippen LogP contribution in [-0.4, -0.2) is 35.1 Å². The Bertz CT molecular complexity index is 512. The summed E-state index contributed by atoms with van der Waals surface area (Å²) in [6, 6.07) is 2.90. The molecule has 3 N–H and O–H groups in total. The summed E-state index contributed by atoms with van der Waals surface area (Å²) >= 11 is 1.34. The largest absolute Gasteiger partial charge is 0.388 e. The summed E-state index contributed by atoms with van der Waals surface area (Å²) in [4.78, 5) is 25.1. The number of thiophene rings is 1. The van der Waals surface area contributed by atoms with E-state index in [2.05, 4.69) is 10.6 Å². The van der Waals surface area contributed by atoms with Crippen LogP contribution < -0.4 is 10.6 Å². The molecule has 0 aromatic carbocycles. The topological polar surface area (TPSA) is 78.4 Å². The van der Waals surface area contributed by atoms with Crippen LogP contribution in [0, 0.1) is 11.8 Å². The van der Waals surface area contributed by atoms with E-state index in [0.717, 1.165) is 6.42 Å². The first-order valence-electron chi connectivity index (χ1n) is 8.03. The molecule has 0 fully saturated rings. The van der Waals surface area contributed by atoms with Crippen molar-refractivity contribution in [2.24, 2.45) is 11.8 Å². The van der Waals surface area contributed by atoms with Crippen molar-refractivity contribution in [2.75, 3.05) is 6.54 Å². The smallest absolute Gasteiger partial charge is 0.262 e. The zero-order chi connectivity index (χ0) is 17.6. The van der Waals surface area contributed by atoms with Crippen molar-refractivity contribution in [1.29, 1.82) is 0 Å². The summed E-state index contributed by atoms with van der Waals surface area (Å²) in [5, 5.41) is 17.8. The molecule has 5 nitrogen and oxygen atoms in total. The second-order valence-corrected chi connectivity index (χ2v) is 7.50. The molecular weight excluding hydrogens is 312 g/mol. The van der Waals surface area contributed by atoms with Crippen molar-refractivity contribution in [3.63, 3.8) is 0 Å².